The number of rotatable bonds is 5. The molecule has 0 saturated carbocycles. The zero-order chi connectivity index (χ0) is 14.3. The molecule has 0 aromatic rings. The van der Waals surface area contributed by atoms with E-state index in [0.717, 1.165) is 0 Å². The van der Waals surface area contributed by atoms with Crippen molar-refractivity contribution in [3.63, 3.8) is 0 Å². The van der Waals surface area contributed by atoms with Crippen LogP contribution in [0.5, 0.6) is 0 Å². The number of carbonyl (C=O) groups excluding carboxylic acids is 2. The minimum absolute atomic E-state index is 1.06. The van der Waals surface area contributed by atoms with Gasteiger partial charge in [-0.1, -0.05) is 0 Å². The van der Waals surface area contributed by atoms with E-state index in [4.69, 9.17) is 10.2 Å². The van der Waals surface area contributed by atoms with Gasteiger partial charge < -0.3 is 40.5 Å². The topological polar surface area (TPSA) is 158 Å². The summed E-state index contributed by atoms with van der Waals surface area (Å²) in [7, 11) is 2.42. The van der Waals surface area contributed by atoms with E-state index in [1.165, 1.54) is 14.1 Å². The van der Waals surface area contributed by atoms with Crippen LogP contribution in [0.25, 0.3) is 0 Å². The van der Waals surface area contributed by atoms with Crippen LogP contribution in [0.1, 0.15) is 0 Å². The molecule has 0 aliphatic rings. The molecule has 0 bridgehead atoms. The van der Waals surface area contributed by atoms with Gasteiger partial charge in [-0.15, -0.1) is 0 Å². The van der Waals surface area contributed by atoms with Crippen LogP contribution in [-0.2, 0) is 9.47 Å². The predicted octanol–water partition coefficient (Wildman–Crippen LogP) is -2.94. The first kappa shape index (κ1) is 16.4. The average molecular weight is 268 g/mol. The lowest BCUT2D eigenvalue weighted by Gasteiger charge is -2.25. The highest BCUT2D eigenvalue weighted by atomic mass is 16.7. The number of alkyl carbamates (subject to hydrolysis) is 2. The van der Waals surface area contributed by atoms with E-state index in [0.29, 0.717) is 0 Å². The van der Waals surface area contributed by atoms with Crippen LogP contribution in [0.4, 0.5) is 9.59 Å². The van der Waals surface area contributed by atoms with Gasteiger partial charge in [0.15, 0.2) is 0 Å². The van der Waals surface area contributed by atoms with E-state index in [-0.39, 0.29) is 0 Å². The second-order valence-corrected chi connectivity index (χ2v) is 3.07. The van der Waals surface area contributed by atoms with Crippen molar-refractivity contribution in [3.8, 4) is 0 Å². The van der Waals surface area contributed by atoms with Crippen LogP contribution >= 0.6 is 0 Å². The number of hydrogen-bond acceptors (Lipinski definition) is 8. The molecule has 0 aliphatic heterocycles. The summed E-state index contributed by atoms with van der Waals surface area (Å²) >= 11 is 0. The van der Waals surface area contributed by atoms with Crippen LogP contribution in [0, 0.1) is 0 Å². The van der Waals surface area contributed by atoms with Crippen molar-refractivity contribution in [1.29, 1.82) is 0 Å². The van der Waals surface area contributed by atoms with Crippen molar-refractivity contribution in [2.75, 3.05) is 14.1 Å². The summed E-state index contributed by atoms with van der Waals surface area (Å²) in [5.74, 6) is 0. The zero-order valence-corrected chi connectivity index (χ0v) is 9.73. The maximum Gasteiger partial charge on any atom is 0.409 e. The van der Waals surface area contributed by atoms with E-state index in [2.05, 4.69) is 9.47 Å². The van der Waals surface area contributed by atoms with Gasteiger partial charge in [0, 0.05) is 14.1 Å². The summed E-state index contributed by atoms with van der Waals surface area (Å²) < 4.78 is 8.38. The van der Waals surface area contributed by atoms with Crippen molar-refractivity contribution >= 4 is 12.2 Å². The molecule has 0 aromatic carbocycles. The minimum Gasteiger partial charge on any atom is -0.417 e. The van der Waals surface area contributed by atoms with Gasteiger partial charge in [-0.05, 0) is 0 Å². The molecule has 10 nitrogen and oxygen atoms in total. The molecule has 0 saturated heterocycles. The fourth-order valence-corrected chi connectivity index (χ4v) is 0.814. The van der Waals surface area contributed by atoms with Gasteiger partial charge in [0.2, 0.25) is 12.6 Å². The van der Waals surface area contributed by atoms with Crippen molar-refractivity contribution in [1.82, 2.24) is 10.6 Å². The molecule has 6 N–H and O–H groups in total. The van der Waals surface area contributed by atoms with Gasteiger partial charge in [-0.3, -0.25) is 0 Å². The molecule has 0 aliphatic carbocycles. The number of amides is 2. The van der Waals surface area contributed by atoms with E-state index in [9.17, 15) is 19.8 Å². The molecular formula is C8H16N2O8. The Kier molecular flexibility index (Phi) is 6.97. The Bertz CT molecular complexity index is 258. The summed E-state index contributed by atoms with van der Waals surface area (Å²) in [5.41, 5.74) is 0. The van der Waals surface area contributed by atoms with E-state index >= 15 is 0 Å². The highest BCUT2D eigenvalue weighted by molar-refractivity contribution is 5.67. The number of aliphatic hydroxyl groups excluding tert-OH is 4. The van der Waals surface area contributed by atoms with Crippen LogP contribution in [0.2, 0.25) is 0 Å². The summed E-state index contributed by atoms with van der Waals surface area (Å²) in [6.07, 6.45) is -10.5. The summed E-state index contributed by atoms with van der Waals surface area (Å²) in [5, 5.41) is 40.9. The van der Waals surface area contributed by atoms with Crippen LogP contribution < -0.4 is 10.6 Å². The standard InChI is InChI=1S/C8H16N2O8/c1-9-7(15)17-5(13)3(11)4(12)6(14)18-8(16)10-2/h3-6,11-14H,1-2H3,(H,9,15)(H,10,16). The zero-order valence-electron chi connectivity index (χ0n) is 9.73. The van der Waals surface area contributed by atoms with Gasteiger partial charge in [0.05, 0.1) is 0 Å². The van der Waals surface area contributed by atoms with Crippen LogP contribution in [-0.4, -0.2) is 71.5 Å². The number of nitrogens with one attached hydrogen (secondary N) is 2. The Morgan fingerprint density at radius 2 is 1.11 bits per heavy atom. The van der Waals surface area contributed by atoms with Gasteiger partial charge in [-0.25, -0.2) is 9.59 Å². The Labute approximate surface area is 102 Å². The highest BCUT2D eigenvalue weighted by Gasteiger charge is 2.34. The molecule has 0 spiro atoms. The fraction of sp³-hybridized carbons (Fsp3) is 0.750. The second kappa shape index (κ2) is 7.66. The summed E-state index contributed by atoms with van der Waals surface area (Å²) in [6.45, 7) is 0. The van der Waals surface area contributed by atoms with Crippen molar-refractivity contribution in [2.24, 2.45) is 0 Å². The lowest BCUT2D eigenvalue weighted by molar-refractivity contribution is -0.212. The molecule has 0 aromatic heterocycles. The molecule has 0 rings (SSSR count). The molecule has 0 heterocycles. The third-order valence-electron chi connectivity index (χ3n) is 1.80. The van der Waals surface area contributed by atoms with E-state index < -0.39 is 37.0 Å². The molecule has 18 heavy (non-hydrogen) atoms. The minimum atomic E-state index is -2.11. The molecule has 0 fully saturated rings. The normalized spacial score (nSPS) is 17.0. The number of aliphatic hydroxyl groups is 4. The van der Waals surface area contributed by atoms with Gasteiger partial charge in [0.1, 0.15) is 12.2 Å². The maximum absolute atomic E-state index is 10.7. The predicted molar refractivity (Wildman–Crippen MR) is 55.1 cm³/mol. The van der Waals surface area contributed by atoms with Crippen LogP contribution in [0.3, 0.4) is 0 Å². The third-order valence-corrected chi connectivity index (χ3v) is 1.80. The summed E-state index contributed by atoms with van der Waals surface area (Å²) in [4.78, 5) is 21.4. The SMILES string of the molecule is CNC(=O)OC(O)C(O)C(O)C(O)OC(=O)NC. The van der Waals surface area contributed by atoms with E-state index in [1.54, 1.807) is 0 Å². The van der Waals surface area contributed by atoms with Crippen LogP contribution in [0.15, 0.2) is 0 Å². The lowest BCUT2D eigenvalue weighted by atomic mass is 10.2. The molecular weight excluding hydrogens is 252 g/mol. The molecule has 10 heteroatoms. The fourth-order valence-electron chi connectivity index (χ4n) is 0.814. The average Bonchev–Trinajstić information content (AvgIpc) is 2.36. The van der Waals surface area contributed by atoms with Gasteiger partial charge in [-0.2, -0.15) is 0 Å². The maximum atomic E-state index is 10.7. The van der Waals surface area contributed by atoms with Crippen molar-refractivity contribution < 1.29 is 39.5 Å². The Balaban J connectivity index is 4.34. The molecule has 4 atom stereocenters. The smallest absolute Gasteiger partial charge is 0.409 e. The molecule has 2 amide bonds. The molecule has 4 unspecified atom stereocenters. The number of carbonyl (C=O) groups is 2. The second-order valence-electron chi connectivity index (χ2n) is 3.07. The highest BCUT2D eigenvalue weighted by Crippen LogP contribution is 2.07. The van der Waals surface area contributed by atoms with Crippen molar-refractivity contribution in [3.05, 3.63) is 0 Å². The number of hydrogen-bond donors (Lipinski definition) is 6. The third kappa shape index (κ3) is 5.14. The number of ether oxygens (including phenoxy) is 2. The quantitative estimate of drug-likeness (QED) is 0.289. The Hall–Kier alpha value is -1.62. The van der Waals surface area contributed by atoms with Gasteiger partial charge in [0.25, 0.3) is 0 Å². The largest absolute Gasteiger partial charge is 0.417 e. The first-order chi connectivity index (χ1) is 8.33. The Morgan fingerprint density at radius 3 is 1.33 bits per heavy atom. The molecule has 106 valence electrons. The summed E-state index contributed by atoms with van der Waals surface area (Å²) in [6, 6.07) is 0. The Morgan fingerprint density at radius 1 is 0.833 bits per heavy atom. The molecule has 0 radical (unpaired) electrons. The lowest BCUT2D eigenvalue weighted by Crippen LogP contribution is -2.48. The van der Waals surface area contributed by atoms with Gasteiger partial charge >= 0.3 is 12.2 Å². The van der Waals surface area contributed by atoms with E-state index in [1.807, 2.05) is 10.6 Å². The monoisotopic (exact) mass is 268 g/mol. The first-order valence-electron chi connectivity index (χ1n) is 4.82. The van der Waals surface area contributed by atoms with Crippen molar-refractivity contribution in [2.45, 2.75) is 24.8 Å². The first-order valence-corrected chi connectivity index (χ1v) is 4.82.